The van der Waals surface area contributed by atoms with Crippen LogP contribution in [0.5, 0.6) is 0 Å². The second kappa shape index (κ2) is 13.3. The summed E-state index contributed by atoms with van der Waals surface area (Å²) in [5, 5.41) is 0. The third-order valence-corrected chi connectivity index (χ3v) is 24.5. The molecule has 0 saturated heterocycles. The third-order valence-electron chi connectivity index (χ3n) is 15.4. The summed E-state index contributed by atoms with van der Waals surface area (Å²) < 4.78 is 4.08. The van der Waals surface area contributed by atoms with Crippen LogP contribution in [0, 0.1) is 29.1 Å². The van der Waals surface area contributed by atoms with Crippen molar-refractivity contribution in [1.82, 2.24) is 0 Å². The summed E-state index contributed by atoms with van der Waals surface area (Å²) in [6.07, 6.45) is 18.3. The molecule has 1 unspecified atom stereocenters. The van der Waals surface area contributed by atoms with E-state index in [1.165, 1.54) is 95.0 Å². The standard InChI is InChI=1S/C25H25.C18H25.C8H8.2ClH.Zr/c1-14-12-24(3,4)22-8-16-7-17-9-23-19(15(2)13-25(23,5)6)11-21(17)20(16)10-18(14)22;1-12-3-13(2)17(4-12)11-18-8-14-5-15(9-18)7-16(6-14)10-18;1-2-8-6-4-3-5-7-8;;;/h7-13H,1-6H3;4,12,14-16H,5-11H2,1-2H3;3-7H,1H3;2*1H;/q;;;;;+2/p-2. The first kappa shape index (κ1) is 38.8. The van der Waals surface area contributed by atoms with E-state index < -0.39 is 21.3 Å². The van der Waals surface area contributed by atoms with Crippen molar-refractivity contribution >= 4 is 14.4 Å². The van der Waals surface area contributed by atoms with Crippen LogP contribution >= 0.6 is 0 Å². The molecule has 11 rings (SSSR count). The van der Waals surface area contributed by atoms with Gasteiger partial charge in [0, 0.05) is 0 Å². The summed E-state index contributed by atoms with van der Waals surface area (Å²) in [6.45, 7) is 22.1. The van der Waals surface area contributed by atoms with Crippen LogP contribution in [-0.2, 0) is 32.1 Å². The maximum atomic E-state index is 2.79. The predicted octanol–water partition coefficient (Wildman–Crippen LogP) is 7.47. The van der Waals surface area contributed by atoms with Crippen molar-refractivity contribution in [2.24, 2.45) is 29.1 Å². The fourth-order valence-corrected chi connectivity index (χ4v) is 23.3. The number of halogens is 2. The monoisotopic (exact) mass is 830 g/mol. The topological polar surface area (TPSA) is 0 Å². The summed E-state index contributed by atoms with van der Waals surface area (Å²) in [5.74, 6) is 3.55. The molecule has 0 radical (unpaired) electrons. The molecule has 8 aliphatic carbocycles. The summed E-state index contributed by atoms with van der Waals surface area (Å²) in [4.78, 5) is 0. The minimum atomic E-state index is -2.72. The van der Waals surface area contributed by atoms with Crippen LogP contribution in [0.3, 0.4) is 0 Å². The van der Waals surface area contributed by atoms with Gasteiger partial charge in [0.15, 0.2) is 0 Å². The maximum absolute atomic E-state index is 2.79. The number of benzene rings is 3. The summed E-state index contributed by atoms with van der Waals surface area (Å²) >= 11 is -2.72. The van der Waals surface area contributed by atoms with E-state index >= 15 is 0 Å². The van der Waals surface area contributed by atoms with E-state index in [2.05, 4.69) is 135 Å². The third kappa shape index (κ3) is 5.78. The van der Waals surface area contributed by atoms with Crippen LogP contribution in [0.1, 0.15) is 150 Å². The Morgan fingerprint density at radius 3 is 1.65 bits per heavy atom. The van der Waals surface area contributed by atoms with Gasteiger partial charge >= 0.3 is 324 Å². The van der Waals surface area contributed by atoms with E-state index in [0.717, 1.165) is 17.8 Å². The van der Waals surface area contributed by atoms with E-state index in [9.17, 15) is 0 Å². The van der Waals surface area contributed by atoms with Crippen LogP contribution in [0.4, 0.5) is 0 Å². The molecule has 4 bridgehead atoms. The zero-order chi connectivity index (χ0) is 36.1. The molecule has 3 aromatic carbocycles. The molecule has 0 N–H and O–H groups in total. The Morgan fingerprint density at radius 2 is 1.17 bits per heavy atom. The van der Waals surface area contributed by atoms with Crippen molar-refractivity contribution in [2.45, 2.75) is 122 Å². The van der Waals surface area contributed by atoms with Crippen LogP contribution < -0.4 is 24.8 Å². The van der Waals surface area contributed by atoms with Crippen molar-refractivity contribution in [3.8, 4) is 11.1 Å². The Labute approximate surface area is 346 Å². The molecule has 4 fully saturated rings. The van der Waals surface area contributed by atoms with Crippen LogP contribution in [-0.4, -0.2) is 3.21 Å². The Bertz CT molecular complexity index is 2130. The molecule has 3 heteroatoms. The molecule has 8 aliphatic rings. The van der Waals surface area contributed by atoms with Gasteiger partial charge < -0.3 is 24.8 Å². The molecule has 0 heterocycles. The van der Waals surface area contributed by atoms with Gasteiger partial charge in [0.05, 0.1) is 0 Å². The van der Waals surface area contributed by atoms with Gasteiger partial charge in [0.1, 0.15) is 0 Å². The molecule has 0 aromatic heterocycles. The first-order valence-electron chi connectivity index (χ1n) is 20.7. The zero-order valence-electron chi connectivity index (χ0n) is 34.0. The molecule has 280 valence electrons. The molecule has 0 aliphatic heterocycles. The van der Waals surface area contributed by atoms with Gasteiger partial charge in [0.2, 0.25) is 0 Å². The predicted molar refractivity (Wildman–Crippen MR) is 218 cm³/mol. The van der Waals surface area contributed by atoms with Gasteiger partial charge in [-0.1, -0.05) is 0 Å². The zero-order valence-corrected chi connectivity index (χ0v) is 38.0. The van der Waals surface area contributed by atoms with E-state index in [0.29, 0.717) is 15.0 Å². The van der Waals surface area contributed by atoms with Gasteiger partial charge in [0.25, 0.3) is 0 Å². The van der Waals surface area contributed by atoms with E-state index in [-0.39, 0.29) is 35.6 Å². The van der Waals surface area contributed by atoms with Gasteiger partial charge in [-0.15, -0.1) is 0 Å². The summed E-state index contributed by atoms with van der Waals surface area (Å²) in [7, 11) is 0. The van der Waals surface area contributed by atoms with E-state index in [1.54, 1.807) is 25.5 Å². The van der Waals surface area contributed by atoms with Crippen LogP contribution in [0.25, 0.3) is 22.3 Å². The Hall–Kier alpha value is -2.05. The minimum Gasteiger partial charge on any atom is -1.00 e. The second-order valence-electron chi connectivity index (χ2n) is 20.0. The molecular formula is C51H58Cl2Zr. The quantitative estimate of drug-likeness (QED) is 0.251. The molecule has 0 nitrogen and oxygen atoms in total. The van der Waals surface area contributed by atoms with Gasteiger partial charge in [-0.2, -0.15) is 0 Å². The van der Waals surface area contributed by atoms with Crippen LogP contribution in [0.15, 0.2) is 87.3 Å². The normalized spacial score (nSPS) is 29.1. The molecule has 0 spiro atoms. The van der Waals surface area contributed by atoms with E-state index in [1.807, 2.05) is 3.28 Å². The Kier molecular flexibility index (Phi) is 9.52. The average molecular weight is 833 g/mol. The summed E-state index contributed by atoms with van der Waals surface area (Å²) in [6, 6.07) is 22.3. The van der Waals surface area contributed by atoms with Crippen molar-refractivity contribution in [2.75, 3.05) is 0 Å². The maximum Gasteiger partial charge on any atom is -1.00 e. The van der Waals surface area contributed by atoms with Crippen molar-refractivity contribution in [1.29, 1.82) is 0 Å². The molecule has 4 saturated carbocycles. The average Bonchev–Trinajstić information content (AvgIpc) is 3.70. The molecular weight excluding hydrogens is 775 g/mol. The second-order valence-corrected chi connectivity index (χ2v) is 26.6. The van der Waals surface area contributed by atoms with Crippen molar-refractivity contribution in [3.05, 3.63) is 126 Å². The van der Waals surface area contributed by atoms with Gasteiger partial charge in [-0.05, 0) is 0 Å². The van der Waals surface area contributed by atoms with E-state index in [4.69, 9.17) is 0 Å². The number of rotatable bonds is 5. The first-order valence-corrected chi connectivity index (χ1v) is 24.5. The Balaban J connectivity index is 0.00000207. The number of fused-ring (bicyclic) bond motifs is 5. The SMILES string of the molecule is CC1=CC(C)(C)c2cc3c(cc21)-c1cc2c(cc1[CH]3/[Zr+2]([C]1=C(C)C(CC34CC5CC(CC(C5)C3)C4)=CC1C)=[C](\C)c1ccccc1)C(C)(C)C=C2C.[Cl-].[Cl-]. The van der Waals surface area contributed by atoms with Crippen LogP contribution in [0.2, 0.25) is 0 Å². The molecule has 54 heavy (non-hydrogen) atoms. The minimum absolute atomic E-state index is 0. The number of hydrogen-bond acceptors (Lipinski definition) is 0. The number of allylic oxidation sites excluding steroid dienone is 8. The van der Waals surface area contributed by atoms with Gasteiger partial charge in [-0.3, -0.25) is 0 Å². The molecule has 0 amide bonds. The largest absolute Gasteiger partial charge is 1.00 e. The number of hydrogen-bond donors (Lipinski definition) is 0. The smallest absolute Gasteiger partial charge is 1.00 e. The van der Waals surface area contributed by atoms with Crippen molar-refractivity contribution < 1.29 is 46.1 Å². The van der Waals surface area contributed by atoms with Gasteiger partial charge in [-0.25, -0.2) is 0 Å². The fourth-order valence-electron chi connectivity index (χ4n) is 13.8. The molecule has 3 aromatic rings. The fraction of sp³-hybridized carbons (Fsp3) is 0.471. The Morgan fingerprint density at radius 1 is 0.685 bits per heavy atom. The summed E-state index contributed by atoms with van der Waals surface area (Å²) in [5.41, 5.74) is 20.8. The molecule has 1 atom stereocenters. The first-order chi connectivity index (χ1) is 24.7. The van der Waals surface area contributed by atoms with Crippen molar-refractivity contribution in [3.63, 3.8) is 0 Å².